The van der Waals surface area contributed by atoms with E-state index in [1.54, 1.807) is 0 Å². The first-order valence-corrected chi connectivity index (χ1v) is 3.98. The fraction of sp³-hybridized carbons (Fsp3) is 0.714. The Morgan fingerprint density at radius 3 is 2.91 bits per heavy atom. The molecule has 1 fully saturated rings. The van der Waals surface area contributed by atoms with Crippen LogP contribution >= 0.6 is 0 Å². The molecule has 2 N–H and O–H groups in total. The summed E-state index contributed by atoms with van der Waals surface area (Å²) in [5.41, 5.74) is 2.10. The van der Waals surface area contributed by atoms with Crippen LogP contribution in [0.2, 0.25) is 0 Å². The number of aryl methyl sites for hydroxylation is 1. The molecule has 0 spiro atoms. The van der Waals surface area contributed by atoms with Crippen molar-refractivity contribution in [2.45, 2.75) is 25.8 Å². The second-order valence-corrected chi connectivity index (χ2v) is 2.94. The number of aromatic amines is 1. The molecule has 2 rings (SSSR count). The van der Waals surface area contributed by atoms with E-state index in [0.717, 1.165) is 17.9 Å². The summed E-state index contributed by atoms with van der Waals surface area (Å²) in [5, 5.41) is 14.1. The maximum Gasteiger partial charge on any atom is 0.102 e. The zero-order valence-corrected chi connectivity index (χ0v) is 6.59. The van der Waals surface area contributed by atoms with E-state index in [9.17, 15) is 0 Å². The third-order valence-corrected chi connectivity index (χ3v) is 2.15. The van der Waals surface area contributed by atoms with Gasteiger partial charge >= 0.3 is 0 Å². The topological polar surface area (TPSA) is 53.6 Å². The van der Waals surface area contributed by atoms with Crippen LogP contribution in [0.15, 0.2) is 0 Å². The SMILES string of the molecule is Cc1n[nH]nc1C1CCCN1. The molecule has 4 heteroatoms. The van der Waals surface area contributed by atoms with Gasteiger partial charge in [-0.25, -0.2) is 0 Å². The van der Waals surface area contributed by atoms with E-state index in [-0.39, 0.29) is 0 Å². The molecule has 60 valence electrons. The van der Waals surface area contributed by atoms with E-state index < -0.39 is 0 Å². The van der Waals surface area contributed by atoms with E-state index in [1.165, 1.54) is 12.8 Å². The summed E-state index contributed by atoms with van der Waals surface area (Å²) in [4.78, 5) is 0. The van der Waals surface area contributed by atoms with E-state index >= 15 is 0 Å². The number of H-pyrrole nitrogens is 1. The van der Waals surface area contributed by atoms with Crippen molar-refractivity contribution < 1.29 is 0 Å². The largest absolute Gasteiger partial charge is 0.309 e. The molecule has 0 saturated carbocycles. The lowest BCUT2D eigenvalue weighted by molar-refractivity contribution is 0.622. The molecular weight excluding hydrogens is 140 g/mol. The van der Waals surface area contributed by atoms with Crippen molar-refractivity contribution in [3.8, 4) is 0 Å². The summed E-state index contributed by atoms with van der Waals surface area (Å²) in [6.07, 6.45) is 2.43. The molecule has 1 aliphatic heterocycles. The predicted molar refractivity (Wildman–Crippen MR) is 41.1 cm³/mol. The lowest BCUT2D eigenvalue weighted by atomic mass is 10.1. The van der Waals surface area contributed by atoms with Gasteiger partial charge in [0.1, 0.15) is 5.69 Å². The monoisotopic (exact) mass is 152 g/mol. The van der Waals surface area contributed by atoms with Gasteiger partial charge in [0, 0.05) is 0 Å². The summed E-state index contributed by atoms with van der Waals surface area (Å²) in [5.74, 6) is 0. The summed E-state index contributed by atoms with van der Waals surface area (Å²) in [6, 6.07) is 0.439. The van der Waals surface area contributed by atoms with E-state index in [0.29, 0.717) is 6.04 Å². The molecule has 0 aliphatic carbocycles. The van der Waals surface area contributed by atoms with Gasteiger partial charge in [0.05, 0.1) is 11.7 Å². The quantitative estimate of drug-likeness (QED) is 0.617. The van der Waals surface area contributed by atoms with Crippen LogP contribution in [0.1, 0.15) is 30.3 Å². The van der Waals surface area contributed by atoms with Gasteiger partial charge in [0.25, 0.3) is 0 Å². The maximum absolute atomic E-state index is 4.10. The molecule has 0 radical (unpaired) electrons. The van der Waals surface area contributed by atoms with Crippen molar-refractivity contribution in [1.29, 1.82) is 0 Å². The Bertz CT molecular complexity index is 236. The molecule has 4 nitrogen and oxygen atoms in total. The molecule has 1 unspecified atom stereocenters. The summed E-state index contributed by atoms with van der Waals surface area (Å²) < 4.78 is 0. The Morgan fingerprint density at radius 2 is 2.36 bits per heavy atom. The first kappa shape index (κ1) is 6.79. The van der Waals surface area contributed by atoms with Gasteiger partial charge in [-0.1, -0.05) is 0 Å². The van der Waals surface area contributed by atoms with Crippen LogP contribution in [0.5, 0.6) is 0 Å². The number of nitrogens with zero attached hydrogens (tertiary/aromatic N) is 2. The van der Waals surface area contributed by atoms with E-state index in [4.69, 9.17) is 0 Å². The Hall–Kier alpha value is -0.900. The molecule has 2 heterocycles. The third kappa shape index (κ3) is 1.14. The molecule has 1 aromatic heterocycles. The zero-order valence-electron chi connectivity index (χ0n) is 6.59. The number of aromatic nitrogens is 3. The molecule has 0 aromatic carbocycles. The summed E-state index contributed by atoms with van der Waals surface area (Å²) >= 11 is 0. The lowest BCUT2D eigenvalue weighted by Crippen LogP contribution is -2.14. The van der Waals surface area contributed by atoms with Gasteiger partial charge in [-0.2, -0.15) is 15.4 Å². The minimum Gasteiger partial charge on any atom is -0.309 e. The van der Waals surface area contributed by atoms with Crippen molar-refractivity contribution in [3.63, 3.8) is 0 Å². The zero-order chi connectivity index (χ0) is 7.68. The van der Waals surface area contributed by atoms with Crippen LogP contribution < -0.4 is 5.32 Å². The standard InChI is InChI=1S/C7H12N4/c1-5-7(10-11-9-5)6-3-2-4-8-6/h6,8H,2-4H2,1H3,(H,9,10,11). The van der Waals surface area contributed by atoms with Crippen LogP contribution in [0.3, 0.4) is 0 Å². The van der Waals surface area contributed by atoms with Gasteiger partial charge in [-0.05, 0) is 26.3 Å². The molecule has 1 aromatic rings. The van der Waals surface area contributed by atoms with Crippen molar-refractivity contribution >= 4 is 0 Å². The smallest absolute Gasteiger partial charge is 0.102 e. The van der Waals surface area contributed by atoms with E-state index in [2.05, 4.69) is 20.7 Å². The van der Waals surface area contributed by atoms with Gasteiger partial charge < -0.3 is 5.32 Å². The number of hydrogen-bond acceptors (Lipinski definition) is 3. The Labute approximate surface area is 65.4 Å². The average Bonchev–Trinajstić information content (AvgIpc) is 2.55. The minimum atomic E-state index is 0.439. The van der Waals surface area contributed by atoms with Crippen LogP contribution in [-0.2, 0) is 0 Å². The molecule has 11 heavy (non-hydrogen) atoms. The Balaban J connectivity index is 2.21. The number of nitrogens with one attached hydrogen (secondary N) is 2. The molecule has 1 aliphatic rings. The van der Waals surface area contributed by atoms with Crippen molar-refractivity contribution in [1.82, 2.24) is 20.7 Å². The first-order chi connectivity index (χ1) is 5.38. The van der Waals surface area contributed by atoms with Crippen LogP contribution in [0.25, 0.3) is 0 Å². The first-order valence-electron chi connectivity index (χ1n) is 3.98. The summed E-state index contributed by atoms with van der Waals surface area (Å²) in [6.45, 7) is 3.09. The highest BCUT2D eigenvalue weighted by molar-refractivity contribution is 5.12. The minimum absolute atomic E-state index is 0.439. The van der Waals surface area contributed by atoms with Crippen LogP contribution in [0.4, 0.5) is 0 Å². The van der Waals surface area contributed by atoms with Gasteiger partial charge in [-0.3, -0.25) is 0 Å². The summed E-state index contributed by atoms with van der Waals surface area (Å²) in [7, 11) is 0. The predicted octanol–water partition coefficient (Wildman–Crippen LogP) is 0.538. The molecule has 0 amide bonds. The highest BCUT2D eigenvalue weighted by Crippen LogP contribution is 2.21. The second kappa shape index (κ2) is 2.62. The molecule has 1 atom stereocenters. The second-order valence-electron chi connectivity index (χ2n) is 2.94. The van der Waals surface area contributed by atoms with Crippen molar-refractivity contribution in [3.05, 3.63) is 11.4 Å². The van der Waals surface area contributed by atoms with Crippen LogP contribution in [-0.4, -0.2) is 22.0 Å². The molecule has 1 saturated heterocycles. The van der Waals surface area contributed by atoms with Gasteiger partial charge in [0.15, 0.2) is 0 Å². The third-order valence-electron chi connectivity index (χ3n) is 2.15. The number of hydrogen-bond donors (Lipinski definition) is 2. The normalized spacial score (nSPS) is 24.3. The highest BCUT2D eigenvalue weighted by Gasteiger charge is 2.20. The average molecular weight is 152 g/mol. The van der Waals surface area contributed by atoms with Gasteiger partial charge in [0.2, 0.25) is 0 Å². The highest BCUT2D eigenvalue weighted by atomic mass is 15.3. The fourth-order valence-electron chi connectivity index (χ4n) is 1.54. The number of rotatable bonds is 1. The van der Waals surface area contributed by atoms with Crippen molar-refractivity contribution in [2.24, 2.45) is 0 Å². The van der Waals surface area contributed by atoms with E-state index in [1.807, 2.05) is 6.92 Å². The molecule has 0 bridgehead atoms. The maximum atomic E-state index is 4.10. The van der Waals surface area contributed by atoms with Gasteiger partial charge in [-0.15, -0.1) is 0 Å². The van der Waals surface area contributed by atoms with Crippen molar-refractivity contribution in [2.75, 3.05) is 6.54 Å². The van der Waals surface area contributed by atoms with Crippen LogP contribution in [0, 0.1) is 6.92 Å². The Kier molecular flexibility index (Phi) is 1.62. The fourth-order valence-corrected chi connectivity index (χ4v) is 1.54. The molecular formula is C7H12N4. The lowest BCUT2D eigenvalue weighted by Gasteiger charge is -2.05. The Morgan fingerprint density at radius 1 is 1.45 bits per heavy atom.